The highest BCUT2D eigenvalue weighted by Gasteiger charge is 2.16. The van der Waals surface area contributed by atoms with Crippen molar-refractivity contribution >= 4 is 28.4 Å². The number of aromatic nitrogens is 2. The Morgan fingerprint density at radius 3 is 3.14 bits per heavy atom. The van der Waals surface area contributed by atoms with E-state index in [1.165, 1.54) is 0 Å². The van der Waals surface area contributed by atoms with Gasteiger partial charge >= 0.3 is 0 Å². The summed E-state index contributed by atoms with van der Waals surface area (Å²) in [6, 6.07) is 7.75. The first-order valence-corrected chi connectivity index (χ1v) is 7.61. The van der Waals surface area contributed by atoms with E-state index in [4.69, 9.17) is 16.3 Å². The van der Waals surface area contributed by atoms with Crippen LogP contribution in [-0.4, -0.2) is 34.9 Å². The molecule has 1 fully saturated rings. The van der Waals surface area contributed by atoms with Crippen LogP contribution >= 0.6 is 11.6 Å². The summed E-state index contributed by atoms with van der Waals surface area (Å²) < 4.78 is 7.26. The Kier molecular flexibility index (Phi) is 4.41. The maximum Gasteiger partial charge on any atom is 0.221 e. The van der Waals surface area contributed by atoms with E-state index in [1.807, 2.05) is 24.3 Å². The van der Waals surface area contributed by atoms with Crippen molar-refractivity contribution in [3.63, 3.8) is 0 Å². The fourth-order valence-corrected chi connectivity index (χ4v) is 2.84. The number of rotatable bonds is 5. The zero-order chi connectivity index (χ0) is 14.7. The molecule has 6 heteroatoms. The van der Waals surface area contributed by atoms with Gasteiger partial charge < -0.3 is 10.1 Å². The molecule has 0 radical (unpaired) electrons. The number of nitrogens with one attached hydrogen (secondary N) is 1. The van der Waals surface area contributed by atoms with Gasteiger partial charge in [-0.3, -0.25) is 9.48 Å². The minimum absolute atomic E-state index is 0.0150. The molecule has 1 aromatic carbocycles. The summed E-state index contributed by atoms with van der Waals surface area (Å²) in [5.74, 6) is 0.0150. The van der Waals surface area contributed by atoms with E-state index in [0.29, 0.717) is 24.7 Å². The predicted molar refractivity (Wildman–Crippen MR) is 81.3 cm³/mol. The third-order valence-electron chi connectivity index (χ3n) is 3.71. The number of ether oxygens (including phenoxy) is 1. The Hall–Kier alpha value is -1.59. The fourth-order valence-electron chi connectivity index (χ4n) is 2.59. The van der Waals surface area contributed by atoms with Crippen LogP contribution in [0.3, 0.4) is 0 Å². The summed E-state index contributed by atoms with van der Waals surface area (Å²) in [6.45, 7) is 1.92. The lowest BCUT2D eigenvalue weighted by molar-refractivity contribution is -0.121. The number of nitrogens with zero attached hydrogens (tertiary/aromatic N) is 2. The number of carbonyl (C=O) groups excluding carboxylic acids is 1. The van der Waals surface area contributed by atoms with Crippen molar-refractivity contribution in [2.45, 2.75) is 31.9 Å². The minimum Gasteiger partial charge on any atom is -0.376 e. The van der Waals surface area contributed by atoms with E-state index in [9.17, 15) is 4.79 Å². The lowest BCUT2D eigenvalue weighted by Gasteiger charge is -2.10. The molecule has 0 aliphatic carbocycles. The second-order valence-electron chi connectivity index (χ2n) is 5.22. The second kappa shape index (κ2) is 6.45. The molecule has 1 N–H and O–H groups in total. The van der Waals surface area contributed by atoms with Gasteiger partial charge in [0, 0.05) is 25.0 Å². The van der Waals surface area contributed by atoms with Gasteiger partial charge in [-0.15, -0.1) is 0 Å². The van der Waals surface area contributed by atoms with E-state index < -0.39 is 0 Å². The molecule has 112 valence electrons. The molecule has 5 nitrogen and oxygen atoms in total. The van der Waals surface area contributed by atoms with Crippen molar-refractivity contribution in [3.8, 4) is 0 Å². The first-order chi connectivity index (χ1) is 10.2. The highest BCUT2D eigenvalue weighted by atomic mass is 35.5. The van der Waals surface area contributed by atoms with Gasteiger partial charge in [0.25, 0.3) is 0 Å². The molecule has 1 aromatic heterocycles. The summed E-state index contributed by atoms with van der Waals surface area (Å²) in [5, 5.41) is 8.58. The number of hydrogen-bond donors (Lipinski definition) is 1. The molecule has 1 saturated heterocycles. The van der Waals surface area contributed by atoms with Gasteiger partial charge in [0.2, 0.25) is 5.91 Å². The maximum atomic E-state index is 11.9. The first-order valence-electron chi connectivity index (χ1n) is 7.23. The van der Waals surface area contributed by atoms with Crippen LogP contribution in [0, 0.1) is 0 Å². The molecule has 1 unspecified atom stereocenters. The lowest BCUT2D eigenvalue weighted by Crippen LogP contribution is -2.32. The number of amides is 1. The Bertz CT molecular complexity index is 635. The second-order valence-corrected chi connectivity index (χ2v) is 5.58. The lowest BCUT2D eigenvalue weighted by atomic mass is 10.2. The average molecular weight is 308 g/mol. The largest absolute Gasteiger partial charge is 0.376 e. The van der Waals surface area contributed by atoms with Crippen molar-refractivity contribution in [1.82, 2.24) is 15.1 Å². The summed E-state index contributed by atoms with van der Waals surface area (Å²) in [6.07, 6.45) is 2.67. The van der Waals surface area contributed by atoms with Gasteiger partial charge in [-0.1, -0.05) is 23.7 Å². The molecule has 0 spiro atoms. The summed E-state index contributed by atoms with van der Waals surface area (Å²) in [7, 11) is 0. The highest BCUT2D eigenvalue weighted by Crippen LogP contribution is 2.22. The predicted octanol–water partition coefficient (Wildman–Crippen LogP) is 2.38. The molecule has 2 aromatic rings. The summed E-state index contributed by atoms with van der Waals surface area (Å²) in [4.78, 5) is 11.9. The summed E-state index contributed by atoms with van der Waals surface area (Å²) in [5.41, 5.74) is 0.953. The number of hydrogen-bond acceptors (Lipinski definition) is 3. The minimum atomic E-state index is 0.0150. The molecule has 3 rings (SSSR count). The molecule has 21 heavy (non-hydrogen) atoms. The van der Waals surface area contributed by atoms with Crippen LogP contribution in [0.15, 0.2) is 24.3 Å². The Morgan fingerprint density at radius 2 is 2.33 bits per heavy atom. The van der Waals surface area contributed by atoms with Crippen molar-refractivity contribution in [2.24, 2.45) is 0 Å². The molecule has 1 aliphatic rings. The van der Waals surface area contributed by atoms with E-state index in [0.717, 1.165) is 30.4 Å². The van der Waals surface area contributed by atoms with Crippen LogP contribution in [-0.2, 0) is 16.1 Å². The number of fused-ring (bicyclic) bond motifs is 1. The number of benzene rings is 1. The van der Waals surface area contributed by atoms with Gasteiger partial charge in [-0.2, -0.15) is 5.10 Å². The monoisotopic (exact) mass is 307 g/mol. The van der Waals surface area contributed by atoms with Crippen molar-refractivity contribution in [2.75, 3.05) is 13.2 Å². The fraction of sp³-hybridized carbons (Fsp3) is 0.467. The average Bonchev–Trinajstić information content (AvgIpc) is 3.12. The van der Waals surface area contributed by atoms with E-state index in [2.05, 4.69) is 10.4 Å². The van der Waals surface area contributed by atoms with Crippen LogP contribution < -0.4 is 5.32 Å². The van der Waals surface area contributed by atoms with Crippen LogP contribution in [0.2, 0.25) is 5.15 Å². The molecular weight excluding hydrogens is 290 g/mol. The van der Waals surface area contributed by atoms with E-state index >= 15 is 0 Å². The molecule has 0 bridgehead atoms. The standard InChI is InChI=1S/C15H18ClN3O2/c16-15-12-5-1-2-6-13(12)19(18-15)8-7-14(20)17-10-11-4-3-9-21-11/h1-2,5-6,11H,3-4,7-10H2,(H,17,20). The van der Waals surface area contributed by atoms with Crippen molar-refractivity contribution in [1.29, 1.82) is 0 Å². The summed E-state index contributed by atoms with van der Waals surface area (Å²) >= 11 is 6.09. The molecular formula is C15H18ClN3O2. The molecule has 1 aliphatic heterocycles. The third kappa shape index (κ3) is 3.36. The first kappa shape index (κ1) is 14.4. The normalized spacial score (nSPS) is 18.2. The quantitative estimate of drug-likeness (QED) is 0.922. The van der Waals surface area contributed by atoms with Gasteiger partial charge in [0.05, 0.1) is 18.2 Å². The van der Waals surface area contributed by atoms with Crippen LogP contribution in [0.4, 0.5) is 0 Å². The number of aryl methyl sites for hydroxylation is 1. The van der Waals surface area contributed by atoms with Crippen LogP contribution in [0.5, 0.6) is 0 Å². The van der Waals surface area contributed by atoms with Crippen LogP contribution in [0.1, 0.15) is 19.3 Å². The maximum absolute atomic E-state index is 11.9. The number of halogens is 1. The SMILES string of the molecule is O=C(CCn1nc(Cl)c2ccccc21)NCC1CCCO1. The number of para-hydroxylation sites is 1. The van der Waals surface area contributed by atoms with Gasteiger partial charge in [-0.05, 0) is 25.0 Å². The van der Waals surface area contributed by atoms with Gasteiger partial charge in [-0.25, -0.2) is 0 Å². The van der Waals surface area contributed by atoms with Crippen LogP contribution in [0.25, 0.3) is 10.9 Å². The molecule has 0 saturated carbocycles. The van der Waals surface area contributed by atoms with Gasteiger partial charge in [0.1, 0.15) is 0 Å². The smallest absolute Gasteiger partial charge is 0.221 e. The molecule has 1 atom stereocenters. The Labute approximate surface area is 128 Å². The highest BCUT2D eigenvalue weighted by molar-refractivity contribution is 6.34. The Balaban J connectivity index is 1.55. The topological polar surface area (TPSA) is 56.2 Å². The van der Waals surface area contributed by atoms with Crippen molar-refractivity contribution in [3.05, 3.63) is 29.4 Å². The molecule has 1 amide bonds. The number of carbonyl (C=O) groups is 1. The molecule has 2 heterocycles. The Morgan fingerprint density at radius 1 is 1.48 bits per heavy atom. The zero-order valence-corrected chi connectivity index (χ0v) is 12.5. The third-order valence-corrected chi connectivity index (χ3v) is 3.99. The van der Waals surface area contributed by atoms with Crippen molar-refractivity contribution < 1.29 is 9.53 Å². The van der Waals surface area contributed by atoms with Gasteiger partial charge in [0.15, 0.2) is 5.15 Å². The van der Waals surface area contributed by atoms with E-state index in [-0.39, 0.29) is 12.0 Å². The zero-order valence-electron chi connectivity index (χ0n) is 11.7. The van der Waals surface area contributed by atoms with E-state index in [1.54, 1.807) is 4.68 Å².